The maximum Gasteiger partial charge on any atom is 0.344 e. The summed E-state index contributed by atoms with van der Waals surface area (Å²) in [6, 6.07) is 23.9. The maximum absolute atomic E-state index is 12.6. The van der Waals surface area contributed by atoms with Crippen molar-refractivity contribution in [1.29, 1.82) is 0 Å². The number of carbonyl (C=O) groups excluding carboxylic acids is 1. The van der Waals surface area contributed by atoms with Gasteiger partial charge in [0.05, 0.1) is 5.56 Å². The average molecular weight is 369 g/mol. The number of anilines is 1. The highest BCUT2D eigenvalue weighted by Crippen LogP contribution is 2.22. The smallest absolute Gasteiger partial charge is 0.344 e. The maximum atomic E-state index is 12.6. The fraction of sp³-hybridized carbons (Fsp3) is 0.0833. The molecule has 0 saturated carbocycles. The van der Waals surface area contributed by atoms with Crippen LogP contribution in [0.5, 0.6) is 0 Å². The number of nitrogens with one attached hydrogen (secondary N) is 1. The number of fused-ring (bicyclic) bond motifs is 1. The molecule has 0 bridgehead atoms. The Hall–Kier alpha value is -3.66. The summed E-state index contributed by atoms with van der Waals surface area (Å²) < 4.78 is 5.41. The Balaban J connectivity index is 1.65. The lowest BCUT2D eigenvalue weighted by atomic mass is 10.0. The van der Waals surface area contributed by atoms with Crippen molar-refractivity contribution in [2.75, 3.05) is 5.32 Å². The van der Waals surface area contributed by atoms with E-state index in [-0.39, 0.29) is 5.91 Å². The van der Waals surface area contributed by atoms with Gasteiger partial charge in [0.25, 0.3) is 5.91 Å². The quantitative estimate of drug-likeness (QED) is 0.498. The fourth-order valence-electron chi connectivity index (χ4n) is 3.12. The summed E-state index contributed by atoms with van der Waals surface area (Å²) >= 11 is 0. The van der Waals surface area contributed by atoms with E-state index in [1.54, 1.807) is 36.4 Å². The summed E-state index contributed by atoms with van der Waals surface area (Å²) in [5.41, 5.74) is 3.62. The van der Waals surface area contributed by atoms with Crippen LogP contribution in [0.25, 0.3) is 22.1 Å². The highest BCUT2D eigenvalue weighted by molar-refractivity contribution is 6.05. The molecule has 0 aliphatic carbocycles. The van der Waals surface area contributed by atoms with E-state index in [4.69, 9.17) is 4.42 Å². The first-order chi connectivity index (χ1) is 13.6. The third-order valence-electron chi connectivity index (χ3n) is 4.70. The highest BCUT2D eigenvalue weighted by atomic mass is 16.4. The molecule has 28 heavy (non-hydrogen) atoms. The Morgan fingerprint density at radius 3 is 2.50 bits per heavy atom. The Morgan fingerprint density at radius 1 is 0.929 bits per heavy atom. The zero-order valence-corrected chi connectivity index (χ0v) is 15.4. The predicted molar refractivity (Wildman–Crippen MR) is 112 cm³/mol. The number of aryl methyl sites for hydroxylation is 1. The number of rotatable bonds is 4. The van der Waals surface area contributed by atoms with E-state index in [2.05, 4.69) is 12.2 Å². The molecule has 0 spiro atoms. The van der Waals surface area contributed by atoms with Gasteiger partial charge in [0, 0.05) is 16.6 Å². The first-order valence-corrected chi connectivity index (χ1v) is 9.17. The third-order valence-corrected chi connectivity index (χ3v) is 4.70. The summed E-state index contributed by atoms with van der Waals surface area (Å²) in [6.07, 6.45) is 0.949. The largest absolute Gasteiger partial charge is 0.422 e. The van der Waals surface area contributed by atoms with Crippen LogP contribution in [0.15, 0.2) is 88.1 Å². The molecule has 0 fully saturated rings. The van der Waals surface area contributed by atoms with Gasteiger partial charge in [-0.3, -0.25) is 4.79 Å². The van der Waals surface area contributed by atoms with Crippen LogP contribution in [0.4, 0.5) is 5.69 Å². The Kier molecular flexibility index (Phi) is 4.77. The SMILES string of the molecule is CCc1ccc(NC(=O)c2cccc(-c3cc4ccccc4oc3=O)c2)cc1. The molecule has 1 heterocycles. The molecular formula is C24H19NO3. The third kappa shape index (κ3) is 3.58. The van der Waals surface area contributed by atoms with E-state index in [0.29, 0.717) is 22.3 Å². The second-order valence-electron chi connectivity index (χ2n) is 6.57. The monoisotopic (exact) mass is 369 g/mol. The van der Waals surface area contributed by atoms with Crippen LogP contribution in [0.1, 0.15) is 22.8 Å². The standard InChI is InChI=1S/C24H19NO3/c1-2-16-10-12-20(13-11-16)25-23(26)19-8-5-7-17(14-19)21-15-18-6-3-4-9-22(18)28-24(21)27/h3-15H,2H2,1H3,(H,25,26). The molecular weight excluding hydrogens is 350 g/mol. The van der Waals surface area contributed by atoms with Gasteiger partial charge in [-0.15, -0.1) is 0 Å². The van der Waals surface area contributed by atoms with Crippen LogP contribution in [0, 0.1) is 0 Å². The minimum absolute atomic E-state index is 0.226. The van der Waals surface area contributed by atoms with Gasteiger partial charge in [-0.2, -0.15) is 0 Å². The van der Waals surface area contributed by atoms with Crippen LogP contribution >= 0.6 is 0 Å². The molecule has 0 aliphatic heterocycles. The zero-order valence-electron chi connectivity index (χ0n) is 15.4. The van der Waals surface area contributed by atoms with Gasteiger partial charge in [0.15, 0.2) is 0 Å². The molecule has 3 aromatic carbocycles. The second-order valence-corrected chi connectivity index (χ2v) is 6.57. The molecule has 0 radical (unpaired) electrons. The van der Waals surface area contributed by atoms with Gasteiger partial charge in [-0.25, -0.2) is 4.79 Å². The molecule has 1 aromatic heterocycles. The van der Waals surface area contributed by atoms with Crippen molar-refractivity contribution in [3.63, 3.8) is 0 Å². The molecule has 1 N–H and O–H groups in total. The van der Waals surface area contributed by atoms with Gasteiger partial charge in [0.1, 0.15) is 5.58 Å². The van der Waals surface area contributed by atoms with Gasteiger partial charge in [-0.1, -0.05) is 49.4 Å². The van der Waals surface area contributed by atoms with Crippen molar-refractivity contribution in [3.05, 3.63) is 100 Å². The van der Waals surface area contributed by atoms with Gasteiger partial charge >= 0.3 is 5.63 Å². The van der Waals surface area contributed by atoms with Gasteiger partial charge in [-0.05, 0) is 53.9 Å². The number of benzene rings is 3. The normalized spacial score (nSPS) is 10.8. The van der Waals surface area contributed by atoms with Crippen molar-refractivity contribution in [3.8, 4) is 11.1 Å². The molecule has 0 atom stereocenters. The summed E-state index contributed by atoms with van der Waals surface area (Å²) in [7, 11) is 0. The lowest BCUT2D eigenvalue weighted by Gasteiger charge is -2.08. The molecule has 0 unspecified atom stereocenters. The van der Waals surface area contributed by atoms with Crippen LogP contribution in [0.3, 0.4) is 0 Å². The zero-order chi connectivity index (χ0) is 19.5. The van der Waals surface area contributed by atoms with E-state index in [1.807, 2.05) is 42.5 Å². The fourth-order valence-corrected chi connectivity index (χ4v) is 3.12. The summed E-state index contributed by atoms with van der Waals surface area (Å²) in [4.78, 5) is 25.0. The van der Waals surface area contributed by atoms with Gasteiger partial charge in [0.2, 0.25) is 0 Å². The molecule has 0 aliphatic rings. The summed E-state index contributed by atoms with van der Waals surface area (Å²) in [5.74, 6) is -0.226. The second kappa shape index (κ2) is 7.53. The lowest BCUT2D eigenvalue weighted by molar-refractivity contribution is 0.102. The van der Waals surface area contributed by atoms with Crippen LogP contribution in [-0.2, 0) is 6.42 Å². The van der Waals surface area contributed by atoms with E-state index < -0.39 is 5.63 Å². The van der Waals surface area contributed by atoms with E-state index in [0.717, 1.165) is 17.5 Å². The molecule has 0 saturated heterocycles. The van der Waals surface area contributed by atoms with Crippen molar-refractivity contribution in [1.82, 2.24) is 0 Å². The molecule has 4 rings (SSSR count). The number of amides is 1. The molecule has 138 valence electrons. The van der Waals surface area contributed by atoms with E-state index in [1.165, 1.54) is 5.56 Å². The van der Waals surface area contributed by atoms with E-state index >= 15 is 0 Å². The molecule has 4 nitrogen and oxygen atoms in total. The van der Waals surface area contributed by atoms with Crippen LogP contribution in [0.2, 0.25) is 0 Å². The van der Waals surface area contributed by atoms with Crippen molar-refractivity contribution in [2.45, 2.75) is 13.3 Å². The summed E-state index contributed by atoms with van der Waals surface area (Å²) in [6.45, 7) is 2.09. The molecule has 4 heteroatoms. The van der Waals surface area contributed by atoms with E-state index in [9.17, 15) is 9.59 Å². The van der Waals surface area contributed by atoms with Crippen molar-refractivity contribution >= 4 is 22.6 Å². The first-order valence-electron chi connectivity index (χ1n) is 9.17. The number of hydrogen-bond donors (Lipinski definition) is 1. The molecule has 1 amide bonds. The lowest BCUT2D eigenvalue weighted by Crippen LogP contribution is -2.12. The Morgan fingerprint density at radius 2 is 1.71 bits per heavy atom. The number of para-hydroxylation sites is 1. The molecule has 4 aromatic rings. The Bertz CT molecular complexity index is 1210. The van der Waals surface area contributed by atoms with Gasteiger partial charge < -0.3 is 9.73 Å². The van der Waals surface area contributed by atoms with Crippen LogP contribution in [-0.4, -0.2) is 5.91 Å². The average Bonchev–Trinajstić information content (AvgIpc) is 2.74. The summed E-state index contributed by atoms with van der Waals surface area (Å²) in [5, 5.41) is 3.73. The first kappa shape index (κ1) is 17.7. The van der Waals surface area contributed by atoms with Crippen molar-refractivity contribution < 1.29 is 9.21 Å². The minimum Gasteiger partial charge on any atom is -0.422 e. The van der Waals surface area contributed by atoms with Crippen LogP contribution < -0.4 is 10.9 Å². The highest BCUT2D eigenvalue weighted by Gasteiger charge is 2.11. The van der Waals surface area contributed by atoms with Crippen molar-refractivity contribution in [2.24, 2.45) is 0 Å². The topological polar surface area (TPSA) is 59.3 Å². The Labute approximate surface area is 162 Å². The number of hydrogen-bond acceptors (Lipinski definition) is 3. The minimum atomic E-state index is -0.425. The number of carbonyl (C=O) groups is 1. The predicted octanol–water partition coefficient (Wildman–Crippen LogP) is 5.27.